The number of anilines is 2. The molecule has 5 heteroatoms. The molecule has 19 heavy (non-hydrogen) atoms. The zero-order valence-electron chi connectivity index (χ0n) is 10.2. The lowest BCUT2D eigenvalue weighted by molar-refractivity contribution is 0.102. The second-order valence-electron chi connectivity index (χ2n) is 4.15. The highest BCUT2D eigenvalue weighted by molar-refractivity contribution is 6.04. The van der Waals surface area contributed by atoms with Gasteiger partial charge in [-0.05, 0) is 42.8 Å². The van der Waals surface area contributed by atoms with Gasteiger partial charge >= 0.3 is 0 Å². The summed E-state index contributed by atoms with van der Waals surface area (Å²) in [5, 5.41) is 2.38. The van der Waals surface area contributed by atoms with E-state index >= 15 is 0 Å². The highest BCUT2D eigenvalue weighted by Crippen LogP contribution is 2.18. The van der Waals surface area contributed by atoms with Crippen molar-refractivity contribution in [1.82, 2.24) is 0 Å². The molecule has 0 radical (unpaired) electrons. The summed E-state index contributed by atoms with van der Waals surface area (Å²) < 4.78 is 26.1. The fraction of sp³-hybridized carbons (Fsp3) is 0.0714. The van der Waals surface area contributed by atoms with Crippen molar-refractivity contribution in [2.45, 2.75) is 6.92 Å². The van der Waals surface area contributed by atoms with Crippen LogP contribution in [0.4, 0.5) is 20.2 Å². The molecule has 0 atom stereocenters. The number of amides is 1. The van der Waals surface area contributed by atoms with E-state index in [9.17, 15) is 13.6 Å². The standard InChI is InChI=1S/C14H12F2N2O/c1-8-6-9(2-4-12(8)17)14(19)18-13-5-3-10(15)7-11(13)16/h2-7H,17H2,1H3,(H,18,19). The van der Waals surface area contributed by atoms with E-state index in [4.69, 9.17) is 5.73 Å². The third-order valence-electron chi connectivity index (χ3n) is 2.71. The number of nitrogen functional groups attached to an aromatic ring is 1. The van der Waals surface area contributed by atoms with Gasteiger partial charge in [0, 0.05) is 17.3 Å². The molecule has 1 amide bonds. The molecule has 0 aromatic heterocycles. The second kappa shape index (κ2) is 5.06. The maximum atomic E-state index is 13.4. The average Bonchev–Trinajstić information content (AvgIpc) is 2.36. The Labute approximate surface area is 109 Å². The minimum absolute atomic E-state index is 0.0686. The summed E-state index contributed by atoms with van der Waals surface area (Å²) in [5.74, 6) is -1.99. The van der Waals surface area contributed by atoms with Gasteiger partial charge in [0.25, 0.3) is 5.91 Å². The van der Waals surface area contributed by atoms with Crippen molar-refractivity contribution < 1.29 is 13.6 Å². The molecule has 0 saturated carbocycles. The minimum atomic E-state index is -0.819. The van der Waals surface area contributed by atoms with Crippen LogP contribution >= 0.6 is 0 Å². The van der Waals surface area contributed by atoms with Crippen molar-refractivity contribution in [2.24, 2.45) is 0 Å². The number of hydrogen-bond acceptors (Lipinski definition) is 2. The molecule has 0 heterocycles. The van der Waals surface area contributed by atoms with Crippen LogP contribution in [0.25, 0.3) is 0 Å². The van der Waals surface area contributed by atoms with Gasteiger partial charge in [0.2, 0.25) is 0 Å². The van der Waals surface area contributed by atoms with Gasteiger partial charge in [-0.2, -0.15) is 0 Å². The molecule has 0 aliphatic rings. The van der Waals surface area contributed by atoms with Gasteiger partial charge < -0.3 is 11.1 Å². The first-order valence-corrected chi connectivity index (χ1v) is 5.60. The van der Waals surface area contributed by atoms with Gasteiger partial charge in [-0.3, -0.25) is 4.79 Å². The normalized spacial score (nSPS) is 10.3. The summed E-state index contributed by atoms with van der Waals surface area (Å²) in [6, 6.07) is 7.71. The van der Waals surface area contributed by atoms with Gasteiger partial charge in [0.05, 0.1) is 5.69 Å². The van der Waals surface area contributed by atoms with Crippen LogP contribution in [0.1, 0.15) is 15.9 Å². The quantitative estimate of drug-likeness (QED) is 0.817. The molecule has 0 bridgehead atoms. The topological polar surface area (TPSA) is 55.1 Å². The van der Waals surface area contributed by atoms with Crippen LogP contribution in [0.3, 0.4) is 0 Å². The molecule has 0 unspecified atom stereocenters. The van der Waals surface area contributed by atoms with Crippen LogP contribution < -0.4 is 11.1 Å². The Hall–Kier alpha value is -2.43. The first-order chi connectivity index (χ1) is 8.97. The molecule has 3 N–H and O–H groups in total. The number of benzene rings is 2. The van der Waals surface area contributed by atoms with Crippen molar-refractivity contribution in [3.63, 3.8) is 0 Å². The van der Waals surface area contributed by atoms with E-state index in [1.807, 2.05) is 0 Å². The van der Waals surface area contributed by atoms with Gasteiger partial charge in [-0.15, -0.1) is 0 Å². The van der Waals surface area contributed by atoms with Crippen LogP contribution in [0.5, 0.6) is 0 Å². The first kappa shape index (κ1) is 13.0. The van der Waals surface area contributed by atoms with Crippen LogP contribution in [0.2, 0.25) is 0 Å². The van der Waals surface area contributed by atoms with Gasteiger partial charge in [0.1, 0.15) is 11.6 Å². The smallest absolute Gasteiger partial charge is 0.255 e. The van der Waals surface area contributed by atoms with E-state index in [0.717, 1.165) is 11.6 Å². The Bertz CT molecular complexity index is 641. The SMILES string of the molecule is Cc1cc(C(=O)Nc2ccc(F)cc2F)ccc1N. The van der Waals surface area contributed by atoms with E-state index in [2.05, 4.69) is 5.32 Å². The van der Waals surface area contributed by atoms with E-state index in [-0.39, 0.29) is 5.69 Å². The lowest BCUT2D eigenvalue weighted by Crippen LogP contribution is -2.13. The Balaban J connectivity index is 2.23. The number of aryl methyl sites for hydroxylation is 1. The van der Waals surface area contributed by atoms with Crippen LogP contribution in [0, 0.1) is 18.6 Å². The van der Waals surface area contributed by atoms with Crippen molar-refractivity contribution in [3.05, 3.63) is 59.2 Å². The number of nitrogens with two attached hydrogens (primary N) is 1. The summed E-state index contributed by atoms with van der Waals surface area (Å²) in [4.78, 5) is 11.9. The van der Waals surface area contributed by atoms with Crippen molar-refractivity contribution in [3.8, 4) is 0 Å². The highest BCUT2D eigenvalue weighted by atomic mass is 19.1. The van der Waals surface area contributed by atoms with Crippen LogP contribution in [-0.4, -0.2) is 5.91 Å². The van der Waals surface area contributed by atoms with Crippen molar-refractivity contribution in [2.75, 3.05) is 11.1 Å². The van der Waals surface area contributed by atoms with Crippen molar-refractivity contribution >= 4 is 17.3 Å². The lowest BCUT2D eigenvalue weighted by Gasteiger charge is -2.08. The molecule has 0 aliphatic carbocycles. The monoisotopic (exact) mass is 262 g/mol. The molecule has 98 valence electrons. The minimum Gasteiger partial charge on any atom is -0.399 e. The summed E-state index contributed by atoms with van der Waals surface area (Å²) in [6.45, 7) is 1.77. The second-order valence-corrected chi connectivity index (χ2v) is 4.15. The molecule has 2 aromatic carbocycles. The molecule has 2 rings (SSSR count). The third kappa shape index (κ3) is 2.88. The summed E-state index contributed by atoms with van der Waals surface area (Å²) >= 11 is 0. The fourth-order valence-corrected chi connectivity index (χ4v) is 1.60. The fourth-order valence-electron chi connectivity index (χ4n) is 1.60. The highest BCUT2D eigenvalue weighted by Gasteiger charge is 2.10. The van der Waals surface area contributed by atoms with E-state index in [1.54, 1.807) is 25.1 Å². The lowest BCUT2D eigenvalue weighted by atomic mass is 10.1. The van der Waals surface area contributed by atoms with Gasteiger partial charge in [0.15, 0.2) is 0 Å². The average molecular weight is 262 g/mol. The number of hydrogen-bond donors (Lipinski definition) is 2. The van der Waals surface area contributed by atoms with Crippen LogP contribution in [0.15, 0.2) is 36.4 Å². The first-order valence-electron chi connectivity index (χ1n) is 5.60. The van der Waals surface area contributed by atoms with E-state index in [0.29, 0.717) is 17.3 Å². The van der Waals surface area contributed by atoms with E-state index < -0.39 is 17.5 Å². The van der Waals surface area contributed by atoms with Crippen molar-refractivity contribution in [1.29, 1.82) is 0 Å². The van der Waals surface area contributed by atoms with Gasteiger partial charge in [-0.25, -0.2) is 8.78 Å². The predicted octanol–water partition coefficient (Wildman–Crippen LogP) is 3.11. The zero-order valence-corrected chi connectivity index (χ0v) is 10.2. The summed E-state index contributed by atoms with van der Waals surface area (Å²) in [6.07, 6.45) is 0. The molecule has 0 aliphatic heterocycles. The maximum absolute atomic E-state index is 13.4. The van der Waals surface area contributed by atoms with E-state index in [1.165, 1.54) is 6.07 Å². The number of halogens is 2. The Morgan fingerprint density at radius 1 is 1.16 bits per heavy atom. The molecule has 2 aromatic rings. The Morgan fingerprint density at radius 3 is 2.53 bits per heavy atom. The largest absolute Gasteiger partial charge is 0.399 e. The maximum Gasteiger partial charge on any atom is 0.255 e. The summed E-state index contributed by atoms with van der Waals surface area (Å²) in [5.41, 5.74) is 7.27. The molecule has 0 spiro atoms. The third-order valence-corrected chi connectivity index (χ3v) is 2.71. The van der Waals surface area contributed by atoms with Gasteiger partial charge in [-0.1, -0.05) is 0 Å². The Morgan fingerprint density at radius 2 is 1.89 bits per heavy atom. The number of nitrogens with one attached hydrogen (secondary N) is 1. The molecular formula is C14H12F2N2O. The number of carbonyl (C=O) groups is 1. The summed E-state index contributed by atoms with van der Waals surface area (Å²) in [7, 11) is 0. The Kier molecular flexibility index (Phi) is 3.46. The molecular weight excluding hydrogens is 250 g/mol. The van der Waals surface area contributed by atoms with Crippen LogP contribution in [-0.2, 0) is 0 Å². The predicted molar refractivity (Wildman–Crippen MR) is 69.9 cm³/mol. The number of rotatable bonds is 2. The molecule has 0 saturated heterocycles. The molecule has 3 nitrogen and oxygen atoms in total. The number of carbonyl (C=O) groups excluding carboxylic acids is 1. The molecule has 0 fully saturated rings. The zero-order chi connectivity index (χ0) is 14.0.